The molecule has 0 spiro atoms. The van der Waals surface area contributed by atoms with Crippen molar-refractivity contribution in [3.63, 3.8) is 0 Å². The summed E-state index contributed by atoms with van der Waals surface area (Å²) in [6.45, 7) is 0.587. The molecule has 1 heterocycles. The van der Waals surface area contributed by atoms with Gasteiger partial charge < -0.3 is 14.6 Å². The molecule has 0 aliphatic carbocycles. The van der Waals surface area contributed by atoms with Gasteiger partial charge in [-0.25, -0.2) is 9.78 Å². The van der Waals surface area contributed by atoms with Gasteiger partial charge in [0.15, 0.2) is 17.8 Å². The van der Waals surface area contributed by atoms with E-state index in [0.717, 1.165) is 11.1 Å². The molecular weight excluding hydrogens is 394 g/mol. The van der Waals surface area contributed by atoms with Gasteiger partial charge in [0.05, 0.1) is 11.1 Å². The number of ether oxygens (including phenoxy) is 2. The molecule has 0 aliphatic heterocycles. The van der Waals surface area contributed by atoms with Crippen LogP contribution in [0.15, 0.2) is 78.9 Å². The Morgan fingerprint density at radius 2 is 1.39 bits per heavy atom. The van der Waals surface area contributed by atoms with Crippen molar-refractivity contribution >= 4 is 23.2 Å². The average Bonchev–Trinajstić information content (AvgIpc) is 2.81. The first-order valence-electron chi connectivity index (χ1n) is 9.65. The number of hydrogen-bond donors (Lipinski definition) is 1. The van der Waals surface area contributed by atoms with E-state index < -0.39 is 5.97 Å². The van der Waals surface area contributed by atoms with E-state index in [1.807, 2.05) is 60.7 Å². The summed E-state index contributed by atoms with van der Waals surface area (Å²) in [7, 11) is 0. The maximum Gasteiger partial charge on any atom is 0.336 e. The highest BCUT2D eigenvalue weighted by atomic mass is 16.5. The molecule has 154 valence electrons. The number of nitrogens with zero attached hydrogens (tertiary/aromatic N) is 1. The van der Waals surface area contributed by atoms with E-state index in [0.29, 0.717) is 35.3 Å². The van der Waals surface area contributed by atoms with Crippen LogP contribution in [0.2, 0.25) is 0 Å². The third-order valence-corrected chi connectivity index (χ3v) is 4.72. The van der Waals surface area contributed by atoms with Crippen LogP contribution >= 0.6 is 0 Å². The van der Waals surface area contributed by atoms with Crippen molar-refractivity contribution < 1.29 is 24.2 Å². The Kier molecular flexibility index (Phi) is 5.89. The lowest BCUT2D eigenvalue weighted by Gasteiger charge is -2.15. The van der Waals surface area contributed by atoms with Crippen LogP contribution in [0.1, 0.15) is 32.0 Å². The molecule has 0 unspecified atom stereocenters. The molecule has 0 atom stereocenters. The zero-order valence-electron chi connectivity index (χ0n) is 16.5. The predicted octanol–water partition coefficient (Wildman–Crippen LogP) is 4.90. The Labute approximate surface area is 178 Å². The Balaban J connectivity index is 1.75. The minimum absolute atomic E-state index is 0.0220. The Bertz CT molecular complexity index is 1220. The first kappa shape index (κ1) is 20.1. The molecular formula is C25H19NO5. The molecule has 6 heteroatoms. The molecule has 0 fully saturated rings. The molecule has 0 amide bonds. The van der Waals surface area contributed by atoms with Crippen molar-refractivity contribution in [1.29, 1.82) is 0 Å². The number of pyridine rings is 1. The number of aromatic nitrogens is 1. The van der Waals surface area contributed by atoms with Crippen LogP contribution in [0.25, 0.3) is 10.9 Å². The Morgan fingerprint density at radius 1 is 0.839 bits per heavy atom. The van der Waals surface area contributed by atoms with Crippen molar-refractivity contribution in [3.8, 4) is 11.5 Å². The largest absolute Gasteiger partial charge is 0.485 e. The fourth-order valence-corrected chi connectivity index (χ4v) is 3.19. The van der Waals surface area contributed by atoms with Crippen LogP contribution in [0, 0.1) is 0 Å². The van der Waals surface area contributed by atoms with Crippen molar-refractivity contribution in [1.82, 2.24) is 4.98 Å². The summed E-state index contributed by atoms with van der Waals surface area (Å²) in [5, 5.41) is 9.98. The first-order valence-corrected chi connectivity index (χ1v) is 9.65. The number of carbonyl (C=O) groups is 2. The lowest BCUT2D eigenvalue weighted by atomic mass is 10.1. The topological polar surface area (TPSA) is 85.7 Å². The number of aromatic carboxylic acids is 1. The van der Waals surface area contributed by atoms with Crippen LogP contribution in [-0.2, 0) is 13.2 Å². The number of rotatable bonds is 8. The van der Waals surface area contributed by atoms with E-state index >= 15 is 0 Å². The minimum atomic E-state index is -1.15. The summed E-state index contributed by atoms with van der Waals surface area (Å²) in [6.07, 6.45) is 0.524. The van der Waals surface area contributed by atoms with Crippen molar-refractivity contribution in [3.05, 3.63) is 101 Å². The monoisotopic (exact) mass is 413 g/mol. The molecule has 4 aromatic rings. The minimum Gasteiger partial charge on any atom is -0.485 e. The van der Waals surface area contributed by atoms with Crippen molar-refractivity contribution in [2.24, 2.45) is 0 Å². The molecule has 0 radical (unpaired) electrons. The number of aldehydes is 1. The third kappa shape index (κ3) is 4.70. The van der Waals surface area contributed by atoms with E-state index in [-0.39, 0.29) is 17.9 Å². The van der Waals surface area contributed by atoms with Crippen LogP contribution in [-0.4, -0.2) is 22.3 Å². The second kappa shape index (κ2) is 9.09. The number of carboxylic acid groups (broad SMARTS) is 1. The average molecular weight is 413 g/mol. The summed E-state index contributed by atoms with van der Waals surface area (Å²) in [5.74, 6) is -0.336. The fraction of sp³-hybridized carbons (Fsp3) is 0.0800. The molecule has 1 N–H and O–H groups in total. The van der Waals surface area contributed by atoms with Crippen molar-refractivity contribution in [2.45, 2.75) is 13.2 Å². The highest BCUT2D eigenvalue weighted by Crippen LogP contribution is 2.35. The predicted molar refractivity (Wildman–Crippen MR) is 116 cm³/mol. The van der Waals surface area contributed by atoms with Crippen LogP contribution in [0.5, 0.6) is 11.5 Å². The molecule has 4 rings (SSSR count). The van der Waals surface area contributed by atoms with Gasteiger partial charge in [0.2, 0.25) is 0 Å². The number of fused-ring (bicyclic) bond motifs is 1. The van der Waals surface area contributed by atoms with Gasteiger partial charge in [0, 0.05) is 11.5 Å². The lowest BCUT2D eigenvalue weighted by molar-refractivity contribution is 0.0699. The highest BCUT2D eigenvalue weighted by Gasteiger charge is 2.17. The second-order valence-electron chi connectivity index (χ2n) is 6.88. The van der Waals surface area contributed by atoms with Gasteiger partial charge >= 0.3 is 5.97 Å². The van der Waals surface area contributed by atoms with E-state index in [1.54, 1.807) is 12.1 Å². The van der Waals surface area contributed by atoms with E-state index in [1.165, 1.54) is 6.07 Å². The Morgan fingerprint density at radius 3 is 1.90 bits per heavy atom. The SMILES string of the molecule is O=Cc1cc(C(=O)O)c2cc(OCc3ccccc3)c(OCc3ccccc3)cc2n1. The second-order valence-corrected chi connectivity index (χ2v) is 6.88. The summed E-state index contributed by atoms with van der Waals surface area (Å²) in [6, 6.07) is 23.7. The van der Waals surface area contributed by atoms with Gasteiger partial charge in [-0.2, -0.15) is 0 Å². The number of hydrogen-bond acceptors (Lipinski definition) is 5. The molecule has 1 aromatic heterocycles. The molecule has 6 nitrogen and oxygen atoms in total. The maximum absolute atomic E-state index is 11.8. The zero-order valence-corrected chi connectivity index (χ0v) is 16.5. The molecule has 31 heavy (non-hydrogen) atoms. The molecule has 3 aromatic carbocycles. The van der Waals surface area contributed by atoms with Crippen molar-refractivity contribution in [2.75, 3.05) is 0 Å². The van der Waals surface area contributed by atoms with E-state index in [4.69, 9.17) is 9.47 Å². The van der Waals surface area contributed by atoms with Gasteiger partial charge in [0.25, 0.3) is 0 Å². The summed E-state index contributed by atoms with van der Waals surface area (Å²) in [4.78, 5) is 27.2. The van der Waals surface area contributed by atoms with Gasteiger partial charge in [-0.3, -0.25) is 4.79 Å². The lowest BCUT2D eigenvalue weighted by Crippen LogP contribution is -2.04. The van der Waals surface area contributed by atoms with E-state index in [9.17, 15) is 14.7 Å². The van der Waals surface area contributed by atoms with Gasteiger partial charge in [-0.15, -0.1) is 0 Å². The van der Waals surface area contributed by atoms with Crippen LogP contribution < -0.4 is 9.47 Å². The molecule has 0 saturated heterocycles. The van der Waals surface area contributed by atoms with Gasteiger partial charge in [-0.05, 0) is 23.3 Å². The fourth-order valence-electron chi connectivity index (χ4n) is 3.19. The van der Waals surface area contributed by atoms with Crippen LogP contribution in [0.3, 0.4) is 0 Å². The van der Waals surface area contributed by atoms with Gasteiger partial charge in [-0.1, -0.05) is 60.7 Å². The molecule has 0 aliphatic rings. The first-order chi connectivity index (χ1) is 15.1. The number of carbonyl (C=O) groups excluding carboxylic acids is 1. The van der Waals surface area contributed by atoms with Crippen LogP contribution in [0.4, 0.5) is 0 Å². The molecule has 0 saturated carbocycles. The Hall–Kier alpha value is -4.19. The standard InChI is InChI=1S/C25H19NO5/c27-14-19-11-21(25(28)29)20-12-23(30-15-17-7-3-1-4-8-17)24(13-22(20)26-19)31-16-18-9-5-2-6-10-18/h1-14H,15-16H2,(H,28,29). The summed E-state index contributed by atoms with van der Waals surface area (Å²) < 4.78 is 12.0. The number of benzene rings is 3. The molecule has 0 bridgehead atoms. The highest BCUT2D eigenvalue weighted by molar-refractivity contribution is 6.04. The van der Waals surface area contributed by atoms with E-state index in [2.05, 4.69) is 4.98 Å². The quantitative estimate of drug-likeness (QED) is 0.414. The smallest absolute Gasteiger partial charge is 0.336 e. The summed E-state index contributed by atoms with van der Waals surface area (Å²) >= 11 is 0. The summed E-state index contributed by atoms with van der Waals surface area (Å²) in [5.41, 5.74) is 2.29. The third-order valence-electron chi connectivity index (χ3n) is 4.72. The van der Waals surface area contributed by atoms with Gasteiger partial charge in [0.1, 0.15) is 18.9 Å². The maximum atomic E-state index is 11.8. The normalized spacial score (nSPS) is 10.6. The zero-order chi connectivity index (χ0) is 21.6. The number of carboxylic acids is 1.